The van der Waals surface area contributed by atoms with Crippen molar-refractivity contribution in [1.82, 2.24) is 5.43 Å². The van der Waals surface area contributed by atoms with Crippen LogP contribution in [0.3, 0.4) is 0 Å². The van der Waals surface area contributed by atoms with Crippen LogP contribution in [-0.2, 0) is 4.79 Å². The third-order valence-corrected chi connectivity index (χ3v) is 5.72. The highest BCUT2D eigenvalue weighted by molar-refractivity contribution is 6.36. The zero-order valence-electron chi connectivity index (χ0n) is 18.0. The van der Waals surface area contributed by atoms with Crippen LogP contribution in [0.4, 0.5) is 0 Å². The maximum Gasteiger partial charge on any atom is 0.345 e. The molecule has 0 aliphatic heterocycles. The molecule has 0 aliphatic carbocycles. The minimum atomic E-state index is -0.659. The average molecular weight is 528 g/mol. The summed E-state index contributed by atoms with van der Waals surface area (Å²) >= 11 is 18.1. The van der Waals surface area contributed by atoms with Gasteiger partial charge in [0.1, 0.15) is 11.5 Å². The fourth-order valence-corrected chi connectivity index (χ4v) is 3.89. The van der Waals surface area contributed by atoms with E-state index < -0.39 is 11.9 Å². The topological polar surface area (TPSA) is 77.0 Å². The molecule has 0 radical (unpaired) electrons. The van der Waals surface area contributed by atoms with Crippen LogP contribution in [0.15, 0.2) is 84.0 Å². The van der Waals surface area contributed by atoms with Crippen molar-refractivity contribution in [3.63, 3.8) is 0 Å². The zero-order valence-corrected chi connectivity index (χ0v) is 20.3. The first-order valence-electron chi connectivity index (χ1n) is 10.3. The van der Waals surface area contributed by atoms with E-state index in [9.17, 15) is 9.59 Å². The molecule has 0 atom stereocenters. The van der Waals surface area contributed by atoms with E-state index >= 15 is 0 Å². The molecule has 0 saturated heterocycles. The second-order valence-electron chi connectivity index (χ2n) is 7.22. The van der Waals surface area contributed by atoms with Gasteiger partial charge >= 0.3 is 5.97 Å². The van der Waals surface area contributed by atoms with Crippen LogP contribution in [0.5, 0.6) is 11.5 Å². The van der Waals surface area contributed by atoms with Gasteiger partial charge in [0.05, 0.1) is 21.8 Å². The molecule has 176 valence electrons. The van der Waals surface area contributed by atoms with E-state index in [4.69, 9.17) is 44.3 Å². The van der Waals surface area contributed by atoms with Gasteiger partial charge < -0.3 is 9.47 Å². The molecule has 0 spiro atoms. The lowest BCUT2D eigenvalue weighted by Gasteiger charge is -2.11. The largest absolute Gasteiger partial charge is 0.482 e. The van der Waals surface area contributed by atoms with E-state index in [0.29, 0.717) is 21.4 Å². The fraction of sp³-hybridized carbons (Fsp3) is 0.0385. The van der Waals surface area contributed by atoms with Crippen molar-refractivity contribution < 1.29 is 19.1 Å². The molecular weight excluding hydrogens is 511 g/mol. The van der Waals surface area contributed by atoms with E-state index in [1.165, 1.54) is 18.3 Å². The molecule has 1 amide bonds. The number of fused-ring (bicyclic) bond motifs is 1. The minimum Gasteiger partial charge on any atom is -0.482 e. The number of nitrogens with one attached hydrogen (secondary N) is 1. The molecule has 0 fully saturated rings. The van der Waals surface area contributed by atoms with Crippen molar-refractivity contribution in [3.8, 4) is 11.5 Å². The number of benzene rings is 4. The summed E-state index contributed by atoms with van der Waals surface area (Å²) < 4.78 is 11.0. The maximum atomic E-state index is 12.8. The van der Waals surface area contributed by atoms with E-state index in [-0.39, 0.29) is 22.9 Å². The Morgan fingerprint density at radius 2 is 1.63 bits per heavy atom. The number of ether oxygens (including phenoxy) is 2. The SMILES string of the molecule is O=C(COc1ccccc1Cl)NN=Cc1c(OC(=O)c2ccc(Cl)cc2Cl)ccc2ccccc12. The van der Waals surface area contributed by atoms with Crippen LogP contribution in [0.1, 0.15) is 15.9 Å². The van der Waals surface area contributed by atoms with E-state index in [1.54, 1.807) is 36.4 Å². The lowest BCUT2D eigenvalue weighted by atomic mass is 10.0. The van der Waals surface area contributed by atoms with Crippen molar-refractivity contribution in [2.75, 3.05) is 6.61 Å². The number of carbonyl (C=O) groups excluding carboxylic acids is 2. The number of hydrogen-bond donors (Lipinski definition) is 1. The maximum absolute atomic E-state index is 12.8. The van der Waals surface area contributed by atoms with Gasteiger partial charge in [0.15, 0.2) is 6.61 Å². The summed E-state index contributed by atoms with van der Waals surface area (Å²) in [5.74, 6) is -0.524. The van der Waals surface area contributed by atoms with Crippen molar-refractivity contribution in [3.05, 3.63) is 105 Å². The van der Waals surface area contributed by atoms with Crippen LogP contribution in [0, 0.1) is 0 Å². The second kappa shape index (κ2) is 11.2. The number of rotatable bonds is 7. The quantitative estimate of drug-likeness (QED) is 0.128. The molecule has 0 heterocycles. The molecule has 0 unspecified atom stereocenters. The normalized spacial score (nSPS) is 10.9. The van der Waals surface area contributed by atoms with Gasteiger partial charge in [-0.3, -0.25) is 4.79 Å². The molecule has 0 bridgehead atoms. The summed E-state index contributed by atoms with van der Waals surface area (Å²) in [5.41, 5.74) is 3.06. The molecule has 1 N–H and O–H groups in total. The Balaban J connectivity index is 1.53. The number of hydrogen-bond acceptors (Lipinski definition) is 5. The first-order valence-corrected chi connectivity index (χ1v) is 11.4. The molecule has 0 saturated carbocycles. The average Bonchev–Trinajstić information content (AvgIpc) is 2.84. The number of esters is 1. The summed E-state index contributed by atoms with van der Waals surface area (Å²) in [6.45, 7) is -0.284. The van der Waals surface area contributed by atoms with Gasteiger partial charge in [-0.25, -0.2) is 10.2 Å². The summed E-state index contributed by atoms with van der Waals surface area (Å²) in [4.78, 5) is 25.0. The number of para-hydroxylation sites is 1. The highest BCUT2D eigenvalue weighted by atomic mass is 35.5. The Morgan fingerprint density at radius 1 is 0.857 bits per heavy atom. The van der Waals surface area contributed by atoms with Gasteiger partial charge in [-0.2, -0.15) is 5.10 Å². The molecule has 4 aromatic rings. The van der Waals surface area contributed by atoms with Crippen LogP contribution in [-0.4, -0.2) is 24.7 Å². The molecule has 6 nitrogen and oxygen atoms in total. The van der Waals surface area contributed by atoms with Crippen molar-refractivity contribution in [1.29, 1.82) is 0 Å². The highest BCUT2D eigenvalue weighted by Gasteiger charge is 2.16. The van der Waals surface area contributed by atoms with Gasteiger partial charge in [0.2, 0.25) is 0 Å². The van der Waals surface area contributed by atoms with Crippen LogP contribution in [0.2, 0.25) is 15.1 Å². The van der Waals surface area contributed by atoms with Crippen LogP contribution in [0.25, 0.3) is 10.8 Å². The van der Waals surface area contributed by atoms with Crippen molar-refractivity contribution in [2.45, 2.75) is 0 Å². The number of nitrogens with zero attached hydrogens (tertiary/aromatic N) is 1. The Labute approximate surface area is 216 Å². The molecule has 4 aromatic carbocycles. The Bertz CT molecular complexity index is 1440. The Morgan fingerprint density at radius 3 is 2.43 bits per heavy atom. The fourth-order valence-electron chi connectivity index (χ4n) is 3.21. The Kier molecular flexibility index (Phi) is 7.87. The van der Waals surface area contributed by atoms with Crippen molar-refractivity contribution >= 4 is 63.7 Å². The predicted octanol–water partition coefficient (Wildman–Crippen LogP) is 6.55. The third-order valence-electron chi connectivity index (χ3n) is 4.86. The van der Waals surface area contributed by atoms with Gasteiger partial charge in [0, 0.05) is 10.6 Å². The Hall–Kier alpha value is -3.58. The number of hydrazone groups is 1. The first-order chi connectivity index (χ1) is 16.9. The lowest BCUT2D eigenvalue weighted by Crippen LogP contribution is -2.24. The van der Waals surface area contributed by atoms with Gasteiger partial charge in [-0.05, 0) is 47.2 Å². The standard InChI is InChI=1S/C26H17Cl3N2O4/c27-17-10-11-19(22(29)13-17)26(33)35-23-12-9-16-5-1-2-6-18(16)20(23)14-30-31-25(32)15-34-24-8-4-3-7-21(24)28/h1-14H,15H2,(H,31,32). The second-order valence-corrected chi connectivity index (χ2v) is 8.48. The molecule has 9 heteroatoms. The molecule has 35 heavy (non-hydrogen) atoms. The van der Waals surface area contributed by atoms with Crippen LogP contribution >= 0.6 is 34.8 Å². The smallest absolute Gasteiger partial charge is 0.345 e. The predicted molar refractivity (Wildman–Crippen MR) is 138 cm³/mol. The number of amides is 1. The summed E-state index contributed by atoms with van der Waals surface area (Å²) in [5, 5.41) is 6.66. The highest BCUT2D eigenvalue weighted by Crippen LogP contribution is 2.29. The molecule has 0 aliphatic rings. The van der Waals surface area contributed by atoms with Gasteiger partial charge in [0.25, 0.3) is 5.91 Å². The monoisotopic (exact) mass is 526 g/mol. The van der Waals surface area contributed by atoms with Crippen LogP contribution < -0.4 is 14.9 Å². The molecule has 4 rings (SSSR count). The number of halogens is 3. The zero-order chi connectivity index (χ0) is 24.8. The molecular formula is C26H17Cl3N2O4. The summed E-state index contributed by atoms with van der Waals surface area (Å²) in [6, 6.07) is 22.3. The molecule has 0 aromatic heterocycles. The summed E-state index contributed by atoms with van der Waals surface area (Å²) in [6.07, 6.45) is 1.40. The van der Waals surface area contributed by atoms with Gasteiger partial charge in [-0.15, -0.1) is 0 Å². The van der Waals surface area contributed by atoms with E-state index in [0.717, 1.165) is 10.8 Å². The summed E-state index contributed by atoms with van der Waals surface area (Å²) in [7, 11) is 0. The third kappa shape index (κ3) is 6.11. The number of carbonyl (C=O) groups is 2. The van der Waals surface area contributed by atoms with Gasteiger partial charge in [-0.1, -0.05) is 77.3 Å². The first kappa shape index (κ1) is 24.5. The minimum absolute atomic E-state index is 0.164. The lowest BCUT2D eigenvalue weighted by molar-refractivity contribution is -0.123. The van der Waals surface area contributed by atoms with E-state index in [1.807, 2.05) is 30.3 Å². The van der Waals surface area contributed by atoms with E-state index in [2.05, 4.69) is 10.5 Å². The van der Waals surface area contributed by atoms with Crippen molar-refractivity contribution in [2.24, 2.45) is 5.10 Å².